The summed E-state index contributed by atoms with van der Waals surface area (Å²) in [6.45, 7) is 0. The summed E-state index contributed by atoms with van der Waals surface area (Å²) >= 11 is 0. The molecule has 29 heavy (non-hydrogen) atoms. The number of aliphatic carboxylic acids is 1. The van der Waals surface area contributed by atoms with Crippen LogP contribution in [-0.4, -0.2) is 23.4 Å². The summed E-state index contributed by atoms with van der Waals surface area (Å²) in [6.07, 6.45) is -0.0204. The van der Waals surface area contributed by atoms with E-state index >= 15 is 0 Å². The molecule has 150 valence electrons. The standard InChI is InChI=1S/C22H22NO5P/c24-22(25)21(16-18-10-4-1-5-11-18)23-17-29(26,27-19-12-6-2-7-13-19)28-20-14-8-3-9-15-20/h1-15,21,23H,16-17H2,(H,24,25)/t21-/m0/s1. The molecule has 1 atom stereocenters. The molecular weight excluding hydrogens is 389 g/mol. The van der Waals surface area contributed by atoms with Crippen LogP contribution < -0.4 is 14.4 Å². The SMILES string of the molecule is O=C(O)[C@H](Cc1ccccc1)NCP(=O)(Oc1ccccc1)Oc1ccccc1. The van der Waals surface area contributed by atoms with Gasteiger partial charge in [0.15, 0.2) is 0 Å². The largest absolute Gasteiger partial charge is 0.480 e. The van der Waals surface area contributed by atoms with Gasteiger partial charge in [-0.05, 0) is 36.2 Å². The maximum Gasteiger partial charge on any atom is 0.444 e. The van der Waals surface area contributed by atoms with Gasteiger partial charge in [0.1, 0.15) is 23.8 Å². The van der Waals surface area contributed by atoms with Gasteiger partial charge in [0, 0.05) is 0 Å². The molecule has 0 radical (unpaired) electrons. The second-order valence-electron chi connectivity index (χ2n) is 6.36. The molecule has 0 unspecified atom stereocenters. The first-order chi connectivity index (χ1) is 14.0. The van der Waals surface area contributed by atoms with E-state index in [0.29, 0.717) is 11.5 Å². The lowest BCUT2D eigenvalue weighted by Crippen LogP contribution is -2.39. The van der Waals surface area contributed by atoms with Gasteiger partial charge in [0.05, 0.1) is 0 Å². The molecule has 0 aromatic heterocycles. The minimum absolute atomic E-state index is 0.243. The Labute approximate surface area is 169 Å². The Kier molecular flexibility index (Phi) is 7.06. The molecule has 0 aliphatic heterocycles. The number of hydrogen-bond acceptors (Lipinski definition) is 5. The lowest BCUT2D eigenvalue weighted by Gasteiger charge is -2.22. The van der Waals surface area contributed by atoms with Crippen molar-refractivity contribution in [3.8, 4) is 11.5 Å². The van der Waals surface area contributed by atoms with Gasteiger partial charge in [-0.15, -0.1) is 0 Å². The van der Waals surface area contributed by atoms with Crippen LogP contribution in [-0.2, 0) is 15.8 Å². The molecule has 3 rings (SSSR count). The van der Waals surface area contributed by atoms with Gasteiger partial charge in [-0.1, -0.05) is 66.7 Å². The molecule has 0 aliphatic carbocycles. The number of carbonyl (C=O) groups is 1. The number of benzene rings is 3. The molecule has 0 bridgehead atoms. The number of carboxylic acid groups (broad SMARTS) is 1. The summed E-state index contributed by atoms with van der Waals surface area (Å²) in [4.78, 5) is 11.7. The third-order valence-electron chi connectivity index (χ3n) is 4.09. The Bertz CT molecular complexity index is 905. The quantitative estimate of drug-likeness (QED) is 0.475. The monoisotopic (exact) mass is 411 g/mol. The van der Waals surface area contributed by atoms with E-state index in [1.807, 2.05) is 42.5 Å². The van der Waals surface area contributed by atoms with Gasteiger partial charge in [0.25, 0.3) is 0 Å². The van der Waals surface area contributed by atoms with Gasteiger partial charge >= 0.3 is 13.6 Å². The third kappa shape index (κ3) is 6.49. The zero-order valence-electron chi connectivity index (χ0n) is 15.7. The highest BCUT2D eigenvalue weighted by Crippen LogP contribution is 2.47. The lowest BCUT2D eigenvalue weighted by molar-refractivity contribution is -0.139. The number of nitrogens with one attached hydrogen (secondary N) is 1. The highest BCUT2D eigenvalue weighted by atomic mass is 31.2. The summed E-state index contributed by atoms with van der Waals surface area (Å²) < 4.78 is 24.8. The fraction of sp³-hybridized carbons (Fsp3) is 0.136. The minimum Gasteiger partial charge on any atom is -0.480 e. The number of carboxylic acids is 1. The van der Waals surface area contributed by atoms with Crippen LogP contribution in [0.4, 0.5) is 0 Å². The Morgan fingerprint density at radius 3 is 1.72 bits per heavy atom. The first kappa shape index (κ1) is 20.6. The van der Waals surface area contributed by atoms with Crippen molar-refractivity contribution in [2.45, 2.75) is 12.5 Å². The van der Waals surface area contributed by atoms with E-state index in [1.54, 1.807) is 48.5 Å². The normalized spacial score (nSPS) is 12.1. The summed E-state index contributed by atoms with van der Waals surface area (Å²) in [5, 5.41) is 12.4. The van der Waals surface area contributed by atoms with Gasteiger partial charge in [-0.25, -0.2) is 4.57 Å². The number of rotatable bonds is 10. The van der Waals surface area contributed by atoms with Crippen LogP contribution in [0.2, 0.25) is 0 Å². The van der Waals surface area contributed by atoms with Gasteiger partial charge in [-0.3, -0.25) is 10.1 Å². The van der Waals surface area contributed by atoms with E-state index in [-0.39, 0.29) is 12.7 Å². The molecule has 7 heteroatoms. The van der Waals surface area contributed by atoms with Crippen molar-refractivity contribution in [1.82, 2.24) is 5.32 Å². The Hall–Kier alpha value is -3.08. The van der Waals surface area contributed by atoms with Crippen molar-refractivity contribution in [1.29, 1.82) is 0 Å². The smallest absolute Gasteiger partial charge is 0.444 e. The van der Waals surface area contributed by atoms with E-state index in [2.05, 4.69) is 5.32 Å². The molecular formula is C22H22NO5P. The predicted molar refractivity (Wildman–Crippen MR) is 111 cm³/mol. The van der Waals surface area contributed by atoms with Crippen LogP contribution in [0.15, 0.2) is 91.0 Å². The molecule has 0 saturated heterocycles. The summed E-state index contributed by atoms with van der Waals surface area (Å²) in [5.74, 6) is -0.285. The summed E-state index contributed by atoms with van der Waals surface area (Å²) in [5.41, 5.74) is 0.857. The molecule has 6 nitrogen and oxygen atoms in total. The second-order valence-corrected chi connectivity index (χ2v) is 8.27. The summed E-state index contributed by atoms with van der Waals surface area (Å²) in [7, 11) is -3.74. The predicted octanol–water partition coefficient (Wildman–Crippen LogP) is 4.58. The van der Waals surface area contributed by atoms with E-state index in [0.717, 1.165) is 5.56 Å². The van der Waals surface area contributed by atoms with Crippen molar-refractivity contribution in [2.75, 3.05) is 6.29 Å². The zero-order valence-corrected chi connectivity index (χ0v) is 16.6. The van der Waals surface area contributed by atoms with Crippen LogP contribution in [0, 0.1) is 0 Å². The first-order valence-electron chi connectivity index (χ1n) is 9.12. The summed E-state index contributed by atoms with van der Waals surface area (Å²) in [6, 6.07) is 25.6. The molecule has 0 fully saturated rings. The van der Waals surface area contributed by atoms with E-state index < -0.39 is 19.6 Å². The lowest BCUT2D eigenvalue weighted by atomic mass is 10.1. The van der Waals surface area contributed by atoms with Gasteiger partial charge in [-0.2, -0.15) is 0 Å². The maximum atomic E-state index is 13.4. The zero-order chi connectivity index (χ0) is 20.5. The van der Waals surface area contributed by atoms with Crippen molar-refractivity contribution < 1.29 is 23.5 Å². The Morgan fingerprint density at radius 1 is 0.828 bits per heavy atom. The first-order valence-corrected chi connectivity index (χ1v) is 10.9. The van der Waals surface area contributed by atoms with Crippen LogP contribution in [0.5, 0.6) is 11.5 Å². The van der Waals surface area contributed by atoms with Crippen LogP contribution in [0.3, 0.4) is 0 Å². The topological polar surface area (TPSA) is 84.9 Å². The van der Waals surface area contributed by atoms with Gasteiger partial charge < -0.3 is 14.2 Å². The van der Waals surface area contributed by atoms with E-state index in [9.17, 15) is 14.5 Å². The average molecular weight is 411 g/mol. The van der Waals surface area contributed by atoms with Crippen molar-refractivity contribution in [3.63, 3.8) is 0 Å². The highest BCUT2D eigenvalue weighted by molar-refractivity contribution is 7.54. The number of hydrogen-bond donors (Lipinski definition) is 2. The molecule has 0 saturated carbocycles. The Morgan fingerprint density at radius 2 is 1.28 bits per heavy atom. The van der Waals surface area contributed by atoms with Crippen LogP contribution in [0.25, 0.3) is 0 Å². The van der Waals surface area contributed by atoms with Crippen molar-refractivity contribution >= 4 is 13.6 Å². The van der Waals surface area contributed by atoms with Crippen molar-refractivity contribution in [3.05, 3.63) is 96.6 Å². The minimum atomic E-state index is -3.74. The van der Waals surface area contributed by atoms with E-state index in [1.165, 1.54) is 0 Å². The van der Waals surface area contributed by atoms with Crippen LogP contribution >= 0.6 is 7.60 Å². The van der Waals surface area contributed by atoms with Crippen LogP contribution in [0.1, 0.15) is 5.56 Å². The second kappa shape index (κ2) is 9.92. The average Bonchev–Trinajstić information content (AvgIpc) is 2.73. The Balaban J connectivity index is 1.75. The molecule has 0 spiro atoms. The fourth-order valence-corrected chi connectivity index (χ4v) is 4.18. The van der Waals surface area contributed by atoms with Crippen molar-refractivity contribution in [2.24, 2.45) is 0 Å². The molecule has 0 amide bonds. The number of para-hydroxylation sites is 2. The molecule has 0 heterocycles. The fourth-order valence-electron chi connectivity index (χ4n) is 2.69. The highest BCUT2D eigenvalue weighted by Gasteiger charge is 2.31. The van der Waals surface area contributed by atoms with E-state index in [4.69, 9.17) is 9.05 Å². The van der Waals surface area contributed by atoms with Gasteiger partial charge in [0.2, 0.25) is 0 Å². The third-order valence-corrected chi connectivity index (χ3v) is 5.64. The molecule has 3 aromatic rings. The maximum absolute atomic E-state index is 13.4. The molecule has 0 aliphatic rings. The molecule has 2 N–H and O–H groups in total. The molecule has 3 aromatic carbocycles.